The van der Waals surface area contributed by atoms with E-state index in [-0.39, 0.29) is 12.4 Å². The number of fused-ring (bicyclic) bond motifs is 1. The summed E-state index contributed by atoms with van der Waals surface area (Å²) in [5.74, 6) is 0. The molecule has 0 spiro atoms. The summed E-state index contributed by atoms with van der Waals surface area (Å²) in [6.07, 6.45) is 4.17. The number of nitrogens with one attached hydrogen (secondary N) is 1. The van der Waals surface area contributed by atoms with Crippen LogP contribution in [0, 0.1) is 6.92 Å². The zero-order chi connectivity index (χ0) is 12.5. The predicted molar refractivity (Wildman–Crippen MR) is 79.9 cm³/mol. The third-order valence-corrected chi connectivity index (χ3v) is 3.57. The van der Waals surface area contributed by atoms with E-state index in [1.165, 1.54) is 11.3 Å². The van der Waals surface area contributed by atoms with Crippen molar-refractivity contribution in [1.29, 1.82) is 0 Å². The Morgan fingerprint density at radius 2 is 2.26 bits per heavy atom. The number of imidazole rings is 1. The summed E-state index contributed by atoms with van der Waals surface area (Å²) >= 11 is 0. The highest BCUT2D eigenvalue weighted by molar-refractivity contribution is 5.85. The van der Waals surface area contributed by atoms with Crippen molar-refractivity contribution >= 4 is 18.1 Å². The fourth-order valence-corrected chi connectivity index (χ4v) is 2.64. The molecule has 2 aromatic heterocycles. The molecule has 4 nitrogen and oxygen atoms in total. The van der Waals surface area contributed by atoms with E-state index < -0.39 is 0 Å². The normalized spacial score (nSPS) is 20.4. The van der Waals surface area contributed by atoms with Crippen molar-refractivity contribution in [3.8, 4) is 0 Å². The molecule has 0 aliphatic carbocycles. The molecule has 0 bridgehead atoms. The van der Waals surface area contributed by atoms with E-state index in [2.05, 4.69) is 51.8 Å². The second-order valence-corrected chi connectivity index (χ2v) is 5.27. The molecule has 1 atom stereocenters. The van der Waals surface area contributed by atoms with Gasteiger partial charge in [0, 0.05) is 38.4 Å². The molecule has 1 N–H and O–H groups in total. The zero-order valence-corrected chi connectivity index (χ0v) is 12.3. The molecule has 0 amide bonds. The predicted octanol–water partition coefficient (Wildman–Crippen LogP) is 1.86. The number of nitrogens with zero attached hydrogens (tertiary/aromatic N) is 3. The van der Waals surface area contributed by atoms with Gasteiger partial charge in [-0.1, -0.05) is 6.07 Å². The number of aromatic nitrogens is 2. The maximum Gasteiger partial charge on any atom is 0.136 e. The number of halogens is 1. The Bertz CT molecular complexity index is 551. The minimum atomic E-state index is 0. The van der Waals surface area contributed by atoms with Gasteiger partial charge in [-0.3, -0.25) is 4.90 Å². The summed E-state index contributed by atoms with van der Waals surface area (Å²) < 4.78 is 2.21. The molecular weight excluding hydrogens is 260 g/mol. The third kappa shape index (κ3) is 3.08. The number of piperazine rings is 1. The number of aryl methyl sites for hydroxylation is 1. The van der Waals surface area contributed by atoms with Gasteiger partial charge in [-0.25, -0.2) is 4.98 Å². The molecule has 1 aliphatic heterocycles. The summed E-state index contributed by atoms with van der Waals surface area (Å²) in [5.41, 5.74) is 3.59. The van der Waals surface area contributed by atoms with Crippen LogP contribution in [0.2, 0.25) is 0 Å². The van der Waals surface area contributed by atoms with Gasteiger partial charge in [0.15, 0.2) is 0 Å². The van der Waals surface area contributed by atoms with Crippen molar-refractivity contribution in [1.82, 2.24) is 19.6 Å². The van der Waals surface area contributed by atoms with Crippen LogP contribution in [0.5, 0.6) is 0 Å². The summed E-state index contributed by atoms with van der Waals surface area (Å²) in [7, 11) is 0. The molecule has 1 fully saturated rings. The Hall–Kier alpha value is -1.10. The zero-order valence-electron chi connectivity index (χ0n) is 11.5. The van der Waals surface area contributed by atoms with Gasteiger partial charge in [0.05, 0.1) is 11.9 Å². The number of pyridine rings is 1. The van der Waals surface area contributed by atoms with Crippen LogP contribution in [0.4, 0.5) is 0 Å². The van der Waals surface area contributed by atoms with E-state index in [0.29, 0.717) is 6.04 Å². The molecule has 2 aromatic rings. The first-order valence-corrected chi connectivity index (χ1v) is 6.61. The first-order valence-electron chi connectivity index (χ1n) is 6.61. The molecule has 0 unspecified atom stereocenters. The van der Waals surface area contributed by atoms with Crippen molar-refractivity contribution in [3.05, 3.63) is 35.8 Å². The van der Waals surface area contributed by atoms with Crippen LogP contribution in [-0.4, -0.2) is 40.0 Å². The van der Waals surface area contributed by atoms with Crippen LogP contribution >= 0.6 is 12.4 Å². The lowest BCUT2D eigenvalue weighted by molar-refractivity contribution is 0.197. The first-order chi connectivity index (χ1) is 8.72. The van der Waals surface area contributed by atoms with Crippen LogP contribution in [0.1, 0.15) is 18.2 Å². The van der Waals surface area contributed by atoms with Crippen molar-refractivity contribution < 1.29 is 0 Å². The molecule has 19 heavy (non-hydrogen) atoms. The van der Waals surface area contributed by atoms with E-state index in [9.17, 15) is 0 Å². The standard InChI is InChI=1S/C14H20N4.ClH/c1-11-3-4-14-16-7-13(18(14)8-11)10-17-6-5-15-12(2)9-17;/h3-4,7-8,12,15H,5-6,9-10H2,1-2H3;1H/t12-;/m1./s1. The number of hydrogen-bond acceptors (Lipinski definition) is 3. The van der Waals surface area contributed by atoms with E-state index in [1.54, 1.807) is 0 Å². The van der Waals surface area contributed by atoms with Crippen molar-refractivity contribution in [2.24, 2.45) is 0 Å². The van der Waals surface area contributed by atoms with Gasteiger partial charge in [-0.15, -0.1) is 12.4 Å². The average Bonchev–Trinajstić information content (AvgIpc) is 2.72. The lowest BCUT2D eigenvalue weighted by Crippen LogP contribution is -2.48. The molecule has 104 valence electrons. The van der Waals surface area contributed by atoms with E-state index in [0.717, 1.165) is 31.8 Å². The smallest absolute Gasteiger partial charge is 0.136 e. The molecule has 0 saturated carbocycles. The maximum absolute atomic E-state index is 4.46. The van der Waals surface area contributed by atoms with Crippen molar-refractivity contribution in [3.63, 3.8) is 0 Å². The Morgan fingerprint density at radius 1 is 1.42 bits per heavy atom. The number of rotatable bonds is 2. The molecule has 1 aliphatic rings. The average molecular weight is 281 g/mol. The van der Waals surface area contributed by atoms with Crippen molar-refractivity contribution in [2.45, 2.75) is 26.4 Å². The largest absolute Gasteiger partial charge is 0.312 e. The van der Waals surface area contributed by atoms with E-state index in [4.69, 9.17) is 0 Å². The summed E-state index contributed by atoms with van der Waals surface area (Å²) in [6, 6.07) is 4.78. The minimum absolute atomic E-state index is 0. The molecule has 0 aromatic carbocycles. The van der Waals surface area contributed by atoms with Gasteiger partial charge in [0.25, 0.3) is 0 Å². The molecular formula is C14H21ClN4. The van der Waals surface area contributed by atoms with E-state index in [1.807, 2.05) is 6.20 Å². The van der Waals surface area contributed by atoms with Crippen LogP contribution in [0.25, 0.3) is 5.65 Å². The van der Waals surface area contributed by atoms with Crippen LogP contribution in [0.15, 0.2) is 24.5 Å². The summed E-state index contributed by atoms with van der Waals surface area (Å²) in [4.78, 5) is 6.96. The maximum atomic E-state index is 4.46. The third-order valence-electron chi connectivity index (χ3n) is 3.57. The van der Waals surface area contributed by atoms with Crippen molar-refractivity contribution in [2.75, 3.05) is 19.6 Å². The van der Waals surface area contributed by atoms with Gasteiger partial charge in [-0.05, 0) is 25.5 Å². The molecule has 3 heterocycles. The Labute approximate surface area is 120 Å². The quantitative estimate of drug-likeness (QED) is 0.911. The van der Waals surface area contributed by atoms with Crippen LogP contribution < -0.4 is 5.32 Å². The molecule has 0 radical (unpaired) electrons. The van der Waals surface area contributed by atoms with Gasteiger partial charge in [0.1, 0.15) is 5.65 Å². The van der Waals surface area contributed by atoms with Gasteiger partial charge in [0.2, 0.25) is 0 Å². The number of hydrogen-bond donors (Lipinski definition) is 1. The fraction of sp³-hybridized carbons (Fsp3) is 0.500. The SMILES string of the molecule is Cc1ccc2ncc(CN3CCN[C@H](C)C3)n2c1.Cl. The monoisotopic (exact) mass is 280 g/mol. The van der Waals surface area contributed by atoms with Gasteiger partial charge in [-0.2, -0.15) is 0 Å². The highest BCUT2D eigenvalue weighted by atomic mass is 35.5. The lowest BCUT2D eigenvalue weighted by atomic mass is 10.2. The van der Waals surface area contributed by atoms with Crippen LogP contribution in [0.3, 0.4) is 0 Å². The second kappa shape index (κ2) is 5.90. The van der Waals surface area contributed by atoms with Gasteiger partial charge >= 0.3 is 0 Å². The topological polar surface area (TPSA) is 32.6 Å². The Kier molecular flexibility index (Phi) is 4.45. The Morgan fingerprint density at radius 3 is 3.05 bits per heavy atom. The molecule has 3 rings (SSSR count). The first kappa shape index (κ1) is 14.3. The lowest BCUT2D eigenvalue weighted by Gasteiger charge is -2.31. The van der Waals surface area contributed by atoms with E-state index >= 15 is 0 Å². The fourth-order valence-electron chi connectivity index (χ4n) is 2.64. The summed E-state index contributed by atoms with van der Waals surface area (Å²) in [6.45, 7) is 8.65. The Balaban J connectivity index is 0.00000133. The molecule has 1 saturated heterocycles. The minimum Gasteiger partial charge on any atom is -0.312 e. The summed E-state index contributed by atoms with van der Waals surface area (Å²) in [5, 5.41) is 3.47. The highest BCUT2D eigenvalue weighted by Crippen LogP contribution is 2.12. The van der Waals surface area contributed by atoms with Gasteiger partial charge < -0.3 is 9.72 Å². The van der Waals surface area contributed by atoms with Crippen LogP contribution in [-0.2, 0) is 6.54 Å². The second-order valence-electron chi connectivity index (χ2n) is 5.27. The molecule has 5 heteroatoms. The highest BCUT2D eigenvalue weighted by Gasteiger charge is 2.16.